The van der Waals surface area contributed by atoms with E-state index in [-0.39, 0.29) is 11.2 Å². The molecule has 1 aliphatic carbocycles. The molecule has 1 aromatic carbocycles. The van der Waals surface area contributed by atoms with E-state index in [1.807, 2.05) is 12.1 Å². The van der Waals surface area contributed by atoms with Gasteiger partial charge in [-0.2, -0.15) is 0 Å². The number of rotatable bonds is 5. The fourth-order valence-corrected chi connectivity index (χ4v) is 3.68. The van der Waals surface area contributed by atoms with E-state index in [0.29, 0.717) is 0 Å². The van der Waals surface area contributed by atoms with Gasteiger partial charge in [0.15, 0.2) is 5.96 Å². The number of aliphatic imine (C=N–C) groups is 1. The van der Waals surface area contributed by atoms with Gasteiger partial charge in [0.1, 0.15) is 5.82 Å². The Morgan fingerprint density at radius 3 is 2.57 bits per heavy atom. The van der Waals surface area contributed by atoms with Gasteiger partial charge in [-0.25, -0.2) is 4.39 Å². The zero-order valence-corrected chi connectivity index (χ0v) is 14.1. The molecule has 2 aromatic rings. The van der Waals surface area contributed by atoms with Crippen LogP contribution >= 0.6 is 11.3 Å². The highest BCUT2D eigenvalue weighted by Crippen LogP contribution is 2.43. The molecular weight excluding hydrogens is 309 g/mol. The van der Waals surface area contributed by atoms with E-state index in [4.69, 9.17) is 0 Å². The first kappa shape index (κ1) is 16.0. The molecule has 1 aromatic heterocycles. The number of thiophene rings is 1. The molecule has 3 nitrogen and oxygen atoms in total. The van der Waals surface area contributed by atoms with E-state index < -0.39 is 0 Å². The number of halogens is 1. The largest absolute Gasteiger partial charge is 0.356 e. The summed E-state index contributed by atoms with van der Waals surface area (Å²) in [6.45, 7) is 1.60. The van der Waals surface area contributed by atoms with Gasteiger partial charge in [0.2, 0.25) is 0 Å². The SMILES string of the molecule is CN=C(NCc1cccs1)NCC1(c2ccc(F)cc2)CCC1. The van der Waals surface area contributed by atoms with Crippen molar-refractivity contribution >= 4 is 17.3 Å². The van der Waals surface area contributed by atoms with Crippen molar-refractivity contribution in [3.05, 3.63) is 58.0 Å². The number of benzene rings is 1. The maximum Gasteiger partial charge on any atom is 0.191 e. The number of nitrogens with zero attached hydrogens (tertiary/aromatic N) is 1. The molecule has 1 saturated carbocycles. The van der Waals surface area contributed by atoms with Gasteiger partial charge in [0, 0.05) is 23.9 Å². The number of guanidine groups is 1. The Labute approximate surface area is 140 Å². The molecule has 0 atom stereocenters. The van der Waals surface area contributed by atoms with E-state index in [2.05, 4.69) is 33.1 Å². The second kappa shape index (κ2) is 7.13. The smallest absolute Gasteiger partial charge is 0.191 e. The van der Waals surface area contributed by atoms with Crippen LogP contribution in [0.5, 0.6) is 0 Å². The predicted molar refractivity (Wildman–Crippen MR) is 94.4 cm³/mol. The zero-order valence-electron chi connectivity index (χ0n) is 13.3. The number of hydrogen-bond donors (Lipinski definition) is 2. The Bertz CT molecular complexity index is 645. The minimum Gasteiger partial charge on any atom is -0.356 e. The summed E-state index contributed by atoms with van der Waals surface area (Å²) < 4.78 is 13.2. The first-order valence-electron chi connectivity index (χ1n) is 7.95. The maximum absolute atomic E-state index is 13.2. The van der Waals surface area contributed by atoms with E-state index in [9.17, 15) is 4.39 Å². The lowest BCUT2D eigenvalue weighted by molar-refractivity contribution is 0.243. The minimum atomic E-state index is -0.176. The number of nitrogens with one attached hydrogen (secondary N) is 2. The molecule has 1 fully saturated rings. The molecule has 0 spiro atoms. The van der Waals surface area contributed by atoms with Crippen molar-refractivity contribution in [2.45, 2.75) is 31.2 Å². The molecule has 5 heteroatoms. The summed E-state index contributed by atoms with van der Waals surface area (Å²) in [6, 6.07) is 11.1. The second-order valence-electron chi connectivity index (χ2n) is 6.00. The Balaban J connectivity index is 1.59. The van der Waals surface area contributed by atoms with Crippen molar-refractivity contribution in [3.63, 3.8) is 0 Å². The Kier molecular flexibility index (Phi) is 4.96. The summed E-state index contributed by atoms with van der Waals surface area (Å²) in [5.41, 5.74) is 1.32. The lowest BCUT2D eigenvalue weighted by atomic mass is 9.64. The van der Waals surface area contributed by atoms with Crippen molar-refractivity contribution in [2.24, 2.45) is 4.99 Å². The van der Waals surface area contributed by atoms with Gasteiger partial charge in [-0.05, 0) is 42.0 Å². The van der Waals surface area contributed by atoms with Crippen LogP contribution in [0.25, 0.3) is 0 Å². The third-order valence-electron chi connectivity index (χ3n) is 4.60. The highest BCUT2D eigenvalue weighted by Gasteiger charge is 2.38. The van der Waals surface area contributed by atoms with Gasteiger partial charge in [-0.1, -0.05) is 24.6 Å². The molecule has 1 heterocycles. The van der Waals surface area contributed by atoms with Crippen molar-refractivity contribution in [1.82, 2.24) is 10.6 Å². The predicted octanol–water partition coefficient (Wildman–Crippen LogP) is 3.67. The van der Waals surface area contributed by atoms with Crippen LogP contribution in [0.3, 0.4) is 0 Å². The van der Waals surface area contributed by atoms with E-state index in [1.165, 1.54) is 16.9 Å². The zero-order chi connectivity index (χ0) is 16.1. The summed E-state index contributed by atoms with van der Waals surface area (Å²) in [5, 5.41) is 8.85. The first-order chi connectivity index (χ1) is 11.2. The van der Waals surface area contributed by atoms with Crippen LogP contribution in [0.15, 0.2) is 46.8 Å². The molecule has 1 aliphatic rings. The van der Waals surface area contributed by atoms with Crippen LogP contribution in [-0.2, 0) is 12.0 Å². The molecule has 0 saturated heterocycles. The molecule has 0 unspecified atom stereocenters. The molecule has 0 aliphatic heterocycles. The normalized spacial score (nSPS) is 16.7. The fourth-order valence-electron chi connectivity index (χ4n) is 3.03. The number of hydrogen-bond acceptors (Lipinski definition) is 2. The summed E-state index contributed by atoms with van der Waals surface area (Å²) in [6.07, 6.45) is 3.49. The van der Waals surface area contributed by atoms with Crippen LogP contribution in [0.2, 0.25) is 0 Å². The monoisotopic (exact) mass is 331 g/mol. The molecule has 3 rings (SSSR count). The molecule has 23 heavy (non-hydrogen) atoms. The lowest BCUT2D eigenvalue weighted by Crippen LogP contribution is -2.48. The van der Waals surface area contributed by atoms with Crippen LogP contribution in [0, 0.1) is 5.82 Å². The lowest BCUT2D eigenvalue weighted by Gasteiger charge is -2.43. The third kappa shape index (κ3) is 3.72. The summed E-state index contributed by atoms with van der Waals surface area (Å²) >= 11 is 1.73. The molecule has 0 radical (unpaired) electrons. The van der Waals surface area contributed by atoms with Crippen molar-refractivity contribution in [1.29, 1.82) is 0 Å². The summed E-state index contributed by atoms with van der Waals surface area (Å²) in [4.78, 5) is 5.58. The standard InChI is InChI=1S/C18H22FN3S/c1-20-17(21-12-16-4-2-11-23-16)22-13-18(9-3-10-18)14-5-7-15(19)8-6-14/h2,4-8,11H,3,9-10,12-13H2,1H3,(H2,20,21,22). The van der Waals surface area contributed by atoms with E-state index in [0.717, 1.165) is 31.9 Å². The van der Waals surface area contributed by atoms with Crippen LogP contribution in [0.1, 0.15) is 29.7 Å². The third-order valence-corrected chi connectivity index (χ3v) is 5.47. The van der Waals surface area contributed by atoms with Gasteiger partial charge < -0.3 is 10.6 Å². The molecule has 0 bridgehead atoms. The van der Waals surface area contributed by atoms with Crippen molar-refractivity contribution < 1.29 is 4.39 Å². The van der Waals surface area contributed by atoms with Gasteiger partial charge in [0.05, 0.1) is 6.54 Å². The molecule has 0 amide bonds. The molecule has 2 N–H and O–H groups in total. The fraction of sp³-hybridized carbons (Fsp3) is 0.389. The van der Waals surface area contributed by atoms with Gasteiger partial charge in [-0.3, -0.25) is 4.99 Å². The quantitative estimate of drug-likeness (QED) is 0.648. The van der Waals surface area contributed by atoms with Crippen LogP contribution in [0.4, 0.5) is 4.39 Å². The van der Waals surface area contributed by atoms with E-state index in [1.54, 1.807) is 30.5 Å². The Morgan fingerprint density at radius 2 is 2.00 bits per heavy atom. The molecule has 122 valence electrons. The highest BCUT2D eigenvalue weighted by molar-refractivity contribution is 7.09. The van der Waals surface area contributed by atoms with Gasteiger partial charge >= 0.3 is 0 Å². The van der Waals surface area contributed by atoms with Gasteiger partial charge in [0.25, 0.3) is 0 Å². The van der Waals surface area contributed by atoms with Crippen LogP contribution in [-0.4, -0.2) is 19.6 Å². The van der Waals surface area contributed by atoms with Gasteiger partial charge in [-0.15, -0.1) is 11.3 Å². The highest BCUT2D eigenvalue weighted by atomic mass is 32.1. The van der Waals surface area contributed by atoms with Crippen molar-refractivity contribution in [3.8, 4) is 0 Å². The minimum absolute atomic E-state index is 0.105. The Morgan fingerprint density at radius 1 is 1.22 bits per heavy atom. The van der Waals surface area contributed by atoms with Crippen molar-refractivity contribution in [2.75, 3.05) is 13.6 Å². The van der Waals surface area contributed by atoms with Crippen LogP contribution < -0.4 is 10.6 Å². The summed E-state index contributed by atoms with van der Waals surface area (Å²) in [7, 11) is 1.79. The Hall–Kier alpha value is -1.88. The average Bonchev–Trinajstić information content (AvgIpc) is 3.04. The summed E-state index contributed by atoms with van der Waals surface area (Å²) in [5.74, 6) is 0.636. The van der Waals surface area contributed by atoms with E-state index >= 15 is 0 Å². The topological polar surface area (TPSA) is 36.4 Å². The maximum atomic E-state index is 13.2. The second-order valence-corrected chi connectivity index (χ2v) is 7.03. The molecular formula is C18H22FN3S. The first-order valence-corrected chi connectivity index (χ1v) is 8.83. The average molecular weight is 331 g/mol.